The average molecular weight is 425 g/mol. The lowest BCUT2D eigenvalue weighted by Gasteiger charge is -2.08. The molecule has 0 saturated carbocycles. The number of hydrogen-bond donors (Lipinski definition) is 1. The van der Waals surface area contributed by atoms with Crippen molar-refractivity contribution < 1.29 is 23.2 Å². The fraction of sp³-hybridized carbons (Fsp3) is 0.143. The molecule has 1 amide bonds. The van der Waals surface area contributed by atoms with Gasteiger partial charge in [-0.25, -0.2) is 14.2 Å². The van der Waals surface area contributed by atoms with Crippen LogP contribution in [0.2, 0.25) is 0 Å². The predicted octanol–water partition coefficient (Wildman–Crippen LogP) is 3.87. The van der Waals surface area contributed by atoms with Gasteiger partial charge in [-0.15, -0.1) is 11.3 Å². The topological polar surface area (TPSA) is 94.3 Å². The van der Waals surface area contributed by atoms with Gasteiger partial charge < -0.3 is 14.6 Å². The maximum Gasteiger partial charge on any atom is 0.339 e. The number of halogens is 1. The Kier molecular flexibility index (Phi) is 5.53. The van der Waals surface area contributed by atoms with Crippen molar-refractivity contribution in [1.82, 2.24) is 15.5 Å². The van der Waals surface area contributed by atoms with Gasteiger partial charge in [-0.3, -0.25) is 4.79 Å². The number of benzene rings is 1. The van der Waals surface area contributed by atoms with Gasteiger partial charge in [0.05, 0.1) is 27.2 Å². The van der Waals surface area contributed by atoms with Crippen molar-refractivity contribution in [3.63, 3.8) is 0 Å². The molecule has 0 saturated heterocycles. The Morgan fingerprint density at radius 3 is 2.77 bits per heavy atom. The highest BCUT2D eigenvalue weighted by Gasteiger charge is 2.21. The molecule has 0 atom stereocenters. The molecule has 0 aliphatic carbocycles. The minimum absolute atomic E-state index is 0.198. The lowest BCUT2D eigenvalue weighted by atomic mass is 10.1. The number of pyridine rings is 1. The summed E-state index contributed by atoms with van der Waals surface area (Å²) in [5.41, 5.74) is 2.25. The first-order chi connectivity index (χ1) is 14.5. The molecule has 0 aliphatic rings. The van der Waals surface area contributed by atoms with Gasteiger partial charge >= 0.3 is 5.97 Å². The van der Waals surface area contributed by atoms with Crippen molar-refractivity contribution in [2.24, 2.45) is 0 Å². The summed E-state index contributed by atoms with van der Waals surface area (Å²) < 4.78 is 23.4. The molecule has 1 N–H and O–H groups in total. The Labute approximate surface area is 174 Å². The molecule has 0 spiro atoms. The molecule has 1 aromatic carbocycles. The summed E-state index contributed by atoms with van der Waals surface area (Å²) in [6, 6.07) is 11.1. The fourth-order valence-corrected chi connectivity index (χ4v) is 3.56. The molecule has 9 heteroatoms. The number of amides is 1. The van der Waals surface area contributed by atoms with E-state index >= 15 is 0 Å². The zero-order chi connectivity index (χ0) is 21.1. The van der Waals surface area contributed by atoms with Crippen LogP contribution in [0.4, 0.5) is 4.39 Å². The average Bonchev–Trinajstić information content (AvgIpc) is 3.41. The minimum Gasteiger partial charge on any atom is -0.452 e. The molecule has 0 fully saturated rings. The molecule has 0 unspecified atom stereocenters. The Balaban J connectivity index is 1.46. The summed E-state index contributed by atoms with van der Waals surface area (Å²) in [6.07, 6.45) is 0. The Morgan fingerprint density at radius 2 is 2.03 bits per heavy atom. The normalized spacial score (nSPS) is 10.9. The van der Waals surface area contributed by atoms with Crippen LogP contribution in [0, 0.1) is 12.7 Å². The molecule has 0 bridgehead atoms. The van der Waals surface area contributed by atoms with Gasteiger partial charge in [0.2, 0.25) is 0 Å². The lowest BCUT2D eigenvalue weighted by Crippen LogP contribution is -2.28. The Hall–Kier alpha value is -3.59. The second-order valence-corrected chi connectivity index (χ2v) is 7.41. The van der Waals surface area contributed by atoms with Crippen molar-refractivity contribution >= 4 is 34.3 Å². The van der Waals surface area contributed by atoms with Gasteiger partial charge in [-0.05, 0) is 42.1 Å². The third kappa shape index (κ3) is 4.20. The number of hydrogen-bond acceptors (Lipinski definition) is 7. The van der Waals surface area contributed by atoms with Crippen LogP contribution in [0.3, 0.4) is 0 Å². The van der Waals surface area contributed by atoms with Crippen LogP contribution < -0.4 is 5.32 Å². The van der Waals surface area contributed by atoms with Crippen LogP contribution >= 0.6 is 11.3 Å². The number of ether oxygens (including phenoxy) is 1. The highest BCUT2D eigenvalue weighted by Crippen LogP contribution is 2.29. The number of thiophene rings is 1. The number of carbonyl (C=O) groups excluding carboxylic acids is 2. The second kappa shape index (κ2) is 8.42. The van der Waals surface area contributed by atoms with E-state index in [9.17, 15) is 14.0 Å². The maximum absolute atomic E-state index is 12.9. The van der Waals surface area contributed by atoms with E-state index in [1.165, 1.54) is 23.5 Å². The molecule has 152 valence electrons. The van der Waals surface area contributed by atoms with Crippen LogP contribution in [0.25, 0.3) is 21.7 Å². The van der Waals surface area contributed by atoms with Crippen LogP contribution in [-0.2, 0) is 16.1 Å². The van der Waals surface area contributed by atoms with Crippen molar-refractivity contribution in [3.8, 4) is 10.6 Å². The third-order valence-electron chi connectivity index (χ3n) is 4.35. The molecule has 4 rings (SSSR count). The van der Waals surface area contributed by atoms with E-state index in [2.05, 4.69) is 15.5 Å². The van der Waals surface area contributed by atoms with Crippen molar-refractivity contribution in [1.29, 1.82) is 0 Å². The van der Waals surface area contributed by atoms with E-state index in [0.717, 1.165) is 10.4 Å². The first kappa shape index (κ1) is 19.7. The summed E-state index contributed by atoms with van der Waals surface area (Å²) in [6.45, 7) is 1.44. The number of rotatable bonds is 6. The highest BCUT2D eigenvalue weighted by molar-refractivity contribution is 7.13. The minimum atomic E-state index is -0.677. The van der Waals surface area contributed by atoms with Crippen molar-refractivity contribution in [3.05, 3.63) is 70.5 Å². The summed E-state index contributed by atoms with van der Waals surface area (Å²) in [7, 11) is 0. The van der Waals surface area contributed by atoms with Crippen molar-refractivity contribution in [2.45, 2.75) is 13.5 Å². The lowest BCUT2D eigenvalue weighted by molar-refractivity contribution is -0.124. The molecule has 30 heavy (non-hydrogen) atoms. The summed E-state index contributed by atoms with van der Waals surface area (Å²) >= 11 is 1.47. The smallest absolute Gasteiger partial charge is 0.339 e. The molecule has 3 aromatic heterocycles. The Morgan fingerprint density at radius 1 is 1.23 bits per heavy atom. The number of fused-ring (bicyclic) bond motifs is 1. The van der Waals surface area contributed by atoms with E-state index in [-0.39, 0.29) is 23.6 Å². The number of carbonyl (C=O) groups is 2. The first-order valence-corrected chi connectivity index (χ1v) is 9.88. The van der Waals surface area contributed by atoms with Gasteiger partial charge in [-0.2, -0.15) is 0 Å². The monoisotopic (exact) mass is 425 g/mol. The molecule has 7 nitrogen and oxygen atoms in total. The fourth-order valence-electron chi connectivity index (χ4n) is 2.87. The SMILES string of the molecule is Cc1noc2nc(-c3cccs3)cc(C(=O)OCC(=O)NCc3ccc(F)cc3)c12. The van der Waals surface area contributed by atoms with Gasteiger partial charge in [0.1, 0.15) is 5.82 Å². The maximum atomic E-state index is 12.9. The van der Waals surface area contributed by atoms with E-state index in [1.807, 2.05) is 17.5 Å². The number of nitrogens with zero attached hydrogens (tertiary/aromatic N) is 2. The van der Waals surface area contributed by atoms with E-state index in [1.54, 1.807) is 25.1 Å². The molecule has 0 radical (unpaired) electrons. The van der Waals surface area contributed by atoms with Gasteiger partial charge in [0.15, 0.2) is 6.61 Å². The standard InChI is InChI=1S/C21H16FN3O4S/c1-12-19-15(9-16(17-3-2-8-30-17)24-20(19)29-25-12)21(27)28-11-18(26)23-10-13-4-6-14(22)7-5-13/h2-9H,10-11H2,1H3,(H,23,26). The summed E-state index contributed by atoms with van der Waals surface area (Å²) in [4.78, 5) is 30.0. The number of aryl methyl sites for hydroxylation is 1. The van der Waals surface area contributed by atoms with E-state index < -0.39 is 18.5 Å². The zero-order valence-electron chi connectivity index (χ0n) is 15.8. The van der Waals surface area contributed by atoms with Gasteiger partial charge in [-0.1, -0.05) is 23.4 Å². The first-order valence-electron chi connectivity index (χ1n) is 9.00. The molecule has 4 aromatic rings. The largest absolute Gasteiger partial charge is 0.452 e. The highest BCUT2D eigenvalue weighted by atomic mass is 32.1. The van der Waals surface area contributed by atoms with Crippen LogP contribution in [-0.4, -0.2) is 28.6 Å². The molecular weight excluding hydrogens is 409 g/mol. The van der Waals surface area contributed by atoms with Crippen molar-refractivity contribution in [2.75, 3.05) is 6.61 Å². The van der Waals surface area contributed by atoms with Crippen LogP contribution in [0.5, 0.6) is 0 Å². The quantitative estimate of drug-likeness (QED) is 0.471. The summed E-state index contributed by atoms with van der Waals surface area (Å²) in [5, 5.41) is 8.85. The number of esters is 1. The molecular formula is C21H16FN3O4S. The predicted molar refractivity (Wildman–Crippen MR) is 108 cm³/mol. The molecule has 3 heterocycles. The molecule has 0 aliphatic heterocycles. The number of nitrogens with one attached hydrogen (secondary N) is 1. The summed E-state index contributed by atoms with van der Waals surface area (Å²) in [5.74, 6) is -1.50. The van der Waals surface area contributed by atoms with Gasteiger partial charge in [0, 0.05) is 6.54 Å². The zero-order valence-corrected chi connectivity index (χ0v) is 16.7. The van der Waals surface area contributed by atoms with Gasteiger partial charge in [0.25, 0.3) is 11.6 Å². The van der Waals surface area contributed by atoms with Crippen LogP contribution in [0.1, 0.15) is 21.6 Å². The van der Waals surface area contributed by atoms with E-state index in [4.69, 9.17) is 9.26 Å². The Bertz CT molecular complexity index is 1200. The third-order valence-corrected chi connectivity index (χ3v) is 5.24. The van der Waals surface area contributed by atoms with Crippen LogP contribution in [0.15, 0.2) is 52.4 Å². The van der Waals surface area contributed by atoms with E-state index in [0.29, 0.717) is 16.8 Å². The second-order valence-electron chi connectivity index (χ2n) is 6.46. The number of aromatic nitrogens is 2.